The van der Waals surface area contributed by atoms with Crippen molar-refractivity contribution in [1.29, 1.82) is 0 Å². The molecule has 2 N–H and O–H groups in total. The van der Waals surface area contributed by atoms with Gasteiger partial charge in [-0.1, -0.05) is 30.3 Å². The first-order chi connectivity index (χ1) is 13.0. The van der Waals surface area contributed by atoms with Crippen LogP contribution in [0.1, 0.15) is 16.7 Å². The van der Waals surface area contributed by atoms with E-state index in [4.69, 9.17) is 4.74 Å². The van der Waals surface area contributed by atoms with Crippen molar-refractivity contribution >= 4 is 11.6 Å². The van der Waals surface area contributed by atoms with E-state index in [1.54, 1.807) is 36.4 Å². The maximum Gasteiger partial charge on any atom is 0.244 e. The quantitative estimate of drug-likeness (QED) is 0.737. The average Bonchev–Trinajstić information content (AvgIpc) is 2.99. The Bertz CT molecular complexity index is 1030. The number of fused-ring (bicyclic) bond motifs is 1. The third-order valence-electron chi connectivity index (χ3n) is 4.90. The lowest BCUT2D eigenvalue weighted by atomic mass is 9.70. The number of anilines is 1. The second-order valence-electron chi connectivity index (χ2n) is 6.26. The van der Waals surface area contributed by atoms with Gasteiger partial charge in [-0.15, -0.1) is 0 Å². The summed E-state index contributed by atoms with van der Waals surface area (Å²) in [6, 6.07) is 15.3. The summed E-state index contributed by atoms with van der Waals surface area (Å²) < 4.78 is 33.3. The van der Waals surface area contributed by atoms with Gasteiger partial charge in [0.2, 0.25) is 5.91 Å². The summed E-state index contributed by atoms with van der Waals surface area (Å²) in [6.07, 6.45) is 0. The Labute approximate surface area is 154 Å². The molecule has 0 aliphatic carbocycles. The topological polar surface area (TPSA) is 58.6 Å². The summed E-state index contributed by atoms with van der Waals surface area (Å²) in [4.78, 5) is 13.2. The summed E-state index contributed by atoms with van der Waals surface area (Å²) in [5, 5.41) is 12.1. The number of phenols is 1. The Morgan fingerprint density at radius 1 is 0.926 bits per heavy atom. The molecule has 1 amide bonds. The van der Waals surface area contributed by atoms with Crippen molar-refractivity contribution in [3.8, 4) is 11.5 Å². The molecule has 0 spiro atoms. The van der Waals surface area contributed by atoms with E-state index in [2.05, 4.69) is 5.32 Å². The van der Waals surface area contributed by atoms with Crippen LogP contribution >= 0.6 is 0 Å². The molecule has 27 heavy (non-hydrogen) atoms. The fraction of sp³-hybridized carbons (Fsp3) is 0.0952. The fourth-order valence-electron chi connectivity index (χ4n) is 3.61. The summed E-state index contributed by atoms with van der Waals surface area (Å²) in [5.74, 6) is -2.01. The van der Waals surface area contributed by atoms with Crippen LogP contribution in [0.25, 0.3) is 0 Å². The zero-order chi connectivity index (χ0) is 19.2. The molecule has 6 heteroatoms. The highest BCUT2D eigenvalue weighted by atomic mass is 19.2. The first-order valence-corrected chi connectivity index (χ1v) is 8.22. The SMILES string of the molecule is COc1ccc([C@]2(c3ccc(O)cc3)C(=O)Nc3c2ccc(F)c3F)cc1. The van der Waals surface area contributed by atoms with Crippen LogP contribution in [0.15, 0.2) is 60.7 Å². The van der Waals surface area contributed by atoms with Crippen molar-refractivity contribution in [2.45, 2.75) is 5.41 Å². The molecule has 0 saturated heterocycles. The lowest BCUT2D eigenvalue weighted by molar-refractivity contribution is -0.118. The number of hydrogen-bond donors (Lipinski definition) is 2. The molecule has 1 aliphatic rings. The number of carbonyl (C=O) groups is 1. The molecule has 4 nitrogen and oxygen atoms in total. The molecular weight excluding hydrogens is 352 g/mol. The van der Waals surface area contributed by atoms with E-state index in [9.17, 15) is 18.7 Å². The molecule has 0 unspecified atom stereocenters. The fourth-order valence-corrected chi connectivity index (χ4v) is 3.61. The number of halogens is 2. The van der Waals surface area contributed by atoms with Gasteiger partial charge in [-0.2, -0.15) is 0 Å². The molecule has 0 fully saturated rings. The number of hydrogen-bond acceptors (Lipinski definition) is 3. The summed E-state index contributed by atoms with van der Waals surface area (Å²) in [6.45, 7) is 0. The highest BCUT2D eigenvalue weighted by Gasteiger charge is 2.51. The van der Waals surface area contributed by atoms with Crippen molar-refractivity contribution in [3.63, 3.8) is 0 Å². The molecule has 3 aromatic carbocycles. The Hall–Kier alpha value is -3.41. The third-order valence-corrected chi connectivity index (χ3v) is 4.90. The summed E-state index contributed by atoms with van der Waals surface area (Å²) in [5.41, 5.74) is -0.167. The van der Waals surface area contributed by atoms with Gasteiger partial charge in [-0.05, 0) is 41.5 Å². The van der Waals surface area contributed by atoms with Crippen LogP contribution in [-0.4, -0.2) is 18.1 Å². The molecule has 0 aromatic heterocycles. The number of ether oxygens (including phenoxy) is 1. The zero-order valence-corrected chi connectivity index (χ0v) is 14.3. The molecule has 0 radical (unpaired) electrons. The van der Waals surface area contributed by atoms with Gasteiger partial charge >= 0.3 is 0 Å². The molecule has 0 bridgehead atoms. The molecule has 0 saturated carbocycles. The third kappa shape index (κ3) is 2.37. The predicted octanol–water partition coefficient (Wildman–Crippen LogP) is 3.97. The van der Waals surface area contributed by atoms with Crippen molar-refractivity contribution in [1.82, 2.24) is 0 Å². The minimum atomic E-state index is -1.39. The van der Waals surface area contributed by atoms with E-state index in [1.807, 2.05) is 0 Å². The van der Waals surface area contributed by atoms with E-state index in [-0.39, 0.29) is 11.4 Å². The summed E-state index contributed by atoms with van der Waals surface area (Å²) in [7, 11) is 1.53. The molecule has 136 valence electrons. The number of carbonyl (C=O) groups excluding carboxylic acids is 1. The van der Waals surface area contributed by atoms with Crippen LogP contribution in [-0.2, 0) is 10.2 Å². The van der Waals surface area contributed by atoms with Gasteiger partial charge in [0.05, 0.1) is 12.8 Å². The highest BCUT2D eigenvalue weighted by molar-refractivity contribution is 6.11. The Morgan fingerprint density at radius 3 is 2.11 bits per heavy atom. The van der Waals surface area contributed by atoms with Gasteiger partial charge in [0.15, 0.2) is 11.6 Å². The molecule has 1 heterocycles. The highest BCUT2D eigenvalue weighted by Crippen LogP contribution is 2.49. The van der Waals surface area contributed by atoms with Crippen LogP contribution in [0.2, 0.25) is 0 Å². The van der Waals surface area contributed by atoms with E-state index < -0.39 is 23.0 Å². The number of phenolic OH excluding ortho intramolecular Hbond substituents is 1. The Morgan fingerprint density at radius 2 is 1.52 bits per heavy atom. The van der Waals surface area contributed by atoms with Gasteiger partial charge in [-0.3, -0.25) is 4.79 Å². The second kappa shape index (κ2) is 6.09. The van der Waals surface area contributed by atoms with E-state index in [1.165, 1.54) is 25.3 Å². The number of rotatable bonds is 3. The van der Waals surface area contributed by atoms with Gasteiger partial charge in [0, 0.05) is 5.56 Å². The van der Waals surface area contributed by atoms with Crippen LogP contribution in [0.5, 0.6) is 11.5 Å². The Kier molecular flexibility index (Phi) is 3.84. The number of amides is 1. The second-order valence-corrected chi connectivity index (χ2v) is 6.26. The molecule has 1 atom stereocenters. The van der Waals surface area contributed by atoms with Crippen LogP contribution in [0.4, 0.5) is 14.5 Å². The standard InChI is InChI=1S/C21H15F2NO3/c1-27-15-8-4-13(5-9-15)21(12-2-6-14(25)7-3-12)16-10-11-17(22)18(23)19(16)24-20(21)26/h2-11,25H,1H3,(H,24,26)/t21-/m0/s1. The number of methoxy groups -OCH3 is 1. The minimum absolute atomic E-state index is 0.0348. The number of aromatic hydroxyl groups is 1. The maximum absolute atomic E-state index is 14.4. The smallest absolute Gasteiger partial charge is 0.244 e. The first-order valence-electron chi connectivity index (χ1n) is 8.22. The van der Waals surface area contributed by atoms with Gasteiger partial charge in [-0.25, -0.2) is 8.78 Å². The lowest BCUT2D eigenvalue weighted by Gasteiger charge is -2.29. The van der Waals surface area contributed by atoms with Crippen molar-refractivity contribution < 1.29 is 23.4 Å². The first kappa shape index (κ1) is 17.0. The molecular formula is C21H15F2NO3. The normalized spacial score (nSPS) is 18.1. The maximum atomic E-state index is 14.4. The van der Waals surface area contributed by atoms with Crippen LogP contribution in [0, 0.1) is 11.6 Å². The predicted molar refractivity (Wildman–Crippen MR) is 96.0 cm³/mol. The molecule has 1 aliphatic heterocycles. The molecule has 4 rings (SSSR count). The van der Waals surface area contributed by atoms with Gasteiger partial charge in [0.25, 0.3) is 0 Å². The van der Waals surface area contributed by atoms with Crippen LogP contribution in [0.3, 0.4) is 0 Å². The van der Waals surface area contributed by atoms with E-state index >= 15 is 0 Å². The minimum Gasteiger partial charge on any atom is -0.508 e. The lowest BCUT2D eigenvalue weighted by Crippen LogP contribution is -2.36. The average molecular weight is 367 g/mol. The Balaban J connectivity index is 2.05. The largest absolute Gasteiger partial charge is 0.508 e. The zero-order valence-electron chi connectivity index (χ0n) is 14.3. The number of nitrogens with one attached hydrogen (secondary N) is 1. The van der Waals surface area contributed by atoms with Crippen molar-refractivity contribution in [2.24, 2.45) is 0 Å². The molecule has 3 aromatic rings. The number of benzene rings is 3. The summed E-state index contributed by atoms with van der Waals surface area (Å²) >= 11 is 0. The van der Waals surface area contributed by atoms with E-state index in [0.29, 0.717) is 22.4 Å². The van der Waals surface area contributed by atoms with Crippen LogP contribution < -0.4 is 10.1 Å². The van der Waals surface area contributed by atoms with Gasteiger partial charge < -0.3 is 15.2 Å². The monoisotopic (exact) mass is 367 g/mol. The van der Waals surface area contributed by atoms with E-state index in [0.717, 1.165) is 6.07 Å². The van der Waals surface area contributed by atoms with Gasteiger partial charge in [0.1, 0.15) is 16.9 Å². The van der Waals surface area contributed by atoms with Crippen molar-refractivity contribution in [3.05, 3.63) is 89.0 Å². The van der Waals surface area contributed by atoms with Crippen molar-refractivity contribution in [2.75, 3.05) is 12.4 Å².